The highest BCUT2D eigenvalue weighted by Gasteiger charge is 2.37. The zero-order valence-electron chi connectivity index (χ0n) is 40.7. The van der Waals surface area contributed by atoms with E-state index in [0.717, 1.165) is 115 Å². The van der Waals surface area contributed by atoms with Crippen LogP contribution in [0.3, 0.4) is 0 Å². The number of aromatic nitrogens is 3. The highest BCUT2D eigenvalue weighted by molar-refractivity contribution is 6.55. The Morgan fingerprint density at radius 2 is 0.806 bits per heavy atom. The number of nitrogens with zero attached hydrogens (tertiary/aromatic N) is 3. The van der Waals surface area contributed by atoms with E-state index >= 15 is 0 Å². The number of aliphatic imine (C=N–C) groups is 3. The van der Waals surface area contributed by atoms with Crippen molar-refractivity contribution in [3.63, 3.8) is 0 Å². The number of hydrogen-bond acceptors (Lipinski definition) is 3. The van der Waals surface area contributed by atoms with Crippen LogP contribution in [0.1, 0.15) is 133 Å². The van der Waals surface area contributed by atoms with E-state index in [1.807, 2.05) is 0 Å². The zero-order valence-corrected chi connectivity index (χ0v) is 40.7. The van der Waals surface area contributed by atoms with Crippen LogP contribution in [0.5, 0.6) is 0 Å². The van der Waals surface area contributed by atoms with Crippen LogP contribution >= 0.6 is 0 Å². The summed E-state index contributed by atoms with van der Waals surface area (Å²) in [4.78, 5) is 28.9. The van der Waals surface area contributed by atoms with Gasteiger partial charge in [-0.15, -0.1) is 0 Å². The molecule has 0 saturated carbocycles. The number of fused-ring (bicyclic) bond motifs is 10. The molecule has 0 saturated heterocycles. The monoisotopic (exact) mass is 879 g/mol. The van der Waals surface area contributed by atoms with Crippen molar-refractivity contribution in [3.8, 4) is 0 Å². The number of H-pyrrole nitrogens is 3. The first kappa shape index (κ1) is 43.8. The van der Waals surface area contributed by atoms with Crippen LogP contribution < -0.4 is 0 Å². The third kappa shape index (κ3) is 7.76. The highest BCUT2D eigenvalue weighted by atomic mass is 14.9. The Balaban J connectivity index is 1.29. The summed E-state index contributed by atoms with van der Waals surface area (Å²) in [5.74, 6) is 0.821. The average Bonchev–Trinajstić information content (AvgIpc) is 4.19. The fourth-order valence-corrected chi connectivity index (χ4v) is 10.3. The van der Waals surface area contributed by atoms with Crippen molar-refractivity contribution in [3.05, 3.63) is 230 Å². The summed E-state index contributed by atoms with van der Waals surface area (Å²) in [7, 11) is 0. The minimum Gasteiger partial charge on any atom is -0.358 e. The van der Waals surface area contributed by atoms with E-state index in [4.69, 9.17) is 15.0 Å². The Morgan fingerprint density at radius 1 is 0.433 bits per heavy atom. The fraction of sp³-hybridized carbons (Fsp3) is 0.262. The van der Waals surface area contributed by atoms with Crippen LogP contribution in [-0.4, -0.2) is 32.1 Å². The summed E-state index contributed by atoms with van der Waals surface area (Å²) in [6, 6.07) is 45.6. The van der Waals surface area contributed by atoms with Gasteiger partial charge in [0.2, 0.25) is 0 Å². The summed E-state index contributed by atoms with van der Waals surface area (Å²) in [6.45, 7) is 22.9. The van der Waals surface area contributed by atoms with Gasteiger partial charge in [0, 0.05) is 61.7 Å². The van der Waals surface area contributed by atoms with Crippen molar-refractivity contribution in [2.45, 2.75) is 92.9 Å². The van der Waals surface area contributed by atoms with Gasteiger partial charge in [-0.1, -0.05) is 119 Å². The molecule has 0 radical (unpaired) electrons. The van der Waals surface area contributed by atoms with E-state index in [-0.39, 0.29) is 0 Å². The van der Waals surface area contributed by atoms with Crippen molar-refractivity contribution < 1.29 is 0 Å². The van der Waals surface area contributed by atoms with Crippen molar-refractivity contribution in [2.24, 2.45) is 26.8 Å². The second-order valence-corrected chi connectivity index (χ2v) is 20.6. The number of hydrogen-bond donors (Lipinski definition) is 3. The maximum absolute atomic E-state index is 5.80. The molecule has 67 heavy (non-hydrogen) atoms. The number of allylic oxidation sites excluding steroid dienone is 6. The van der Waals surface area contributed by atoms with E-state index in [1.54, 1.807) is 0 Å². The van der Waals surface area contributed by atoms with Crippen molar-refractivity contribution >= 4 is 33.9 Å². The lowest BCUT2D eigenvalue weighted by atomic mass is 9.84. The summed E-state index contributed by atoms with van der Waals surface area (Å²) >= 11 is 0. The van der Waals surface area contributed by atoms with Gasteiger partial charge in [-0.05, 0) is 154 Å². The third-order valence-corrected chi connectivity index (χ3v) is 14.2. The van der Waals surface area contributed by atoms with E-state index < -0.39 is 10.8 Å². The Kier molecular flexibility index (Phi) is 11.1. The summed E-state index contributed by atoms with van der Waals surface area (Å²) in [5.41, 5.74) is 23.0. The largest absolute Gasteiger partial charge is 0.358 e. The molecule has 6 aromatic rings. The van der Waals surface area contributed by atoms with Gasteiger partial charge in [-0.2, -0.15) is 0 Å². The first-order chi connectivity index (χ1) is 32.2. The lowest BCUT2D eigenvalue weighted by Crippen LogP contribution is -2.27. The van der Waals surface area contributed by atoms with Crippen LogP contribution in [0, 0.1) is 11.8 Å². The molecule has 4 aliphatic rings. The highest BCUT2D eigenvalue weighted by Crippen LogP contribution is 2.45. The van der Waals surface area contributed by atoms with Gasteiger partial charge in [0.25, 0.3) is 0 Å². The molecule has 7 heterocycles. The van der Waals surface area contributed by atoms with Gasteiger partial charge < -0.3 is 15.0 Å². The maximum Gasteiger partial charge on any atom is 0.0932 e. The lowest BCUT2D eigenvalue weighted by Gasteiger charge is -2.23. The summed E-state index contributed by atoms with van der Waals surface area (Å²) in [6.07, 6.45) is 6.15. The van der Waals surface area contributed by atoms with Crippen LogP contribution in [-0.2, 0) is 10.8 Å². The molecule has 3 N–H and O–H groups in total. The normalized spacial score (nSPS) is 21.2. The van der Waals surface area contributed by atoms with Gasteiger partial charge in [-0.25, -0.2) is 9.98 Å². The van der Waals surface area contributed by atoms with Crippen molar-refractivity contribution in [2.75, 3.05) is 0 Å². The number of nitrogens with one attached hydrogen (secondary N) is 3. The fourth-order valence-electron chi connectivity index (χ4n) is 10.3. The Morgan fingerprint density at radius 3 is 1.21 bits per heavy atom. The minimum atomic E-state index is -0.447. The van der Waals surface area contributed by atoms with E-state index in [0.29, 0.717) is 11.8 Å². The Hall–Kier alpha value is -7.05. The van der Waals surface area contributed by atoms with Crippen LogP contribution in [0.25, 0.3) is 16.7 Å². The van der Waals surface area contributed by atoms with E-state index in [9.17, 15) is 0 Å². The smallest absolute Gasteiger partial charge is 0.0932 e. The molecular weight excluding hydrogens is 817 g/mol. The molecule has 12 bridgehead atoms. The first-order valence-corrected chi connectivity index (χ1v) is 24.0. The molecule has 6 nitrogen and oxygen atoms in total. The molecule has 4 aliphatic heterocycles. The molecular formula is C61H62N6. The van der Waals surface area contributed by atoms with Crippen molar-refractivity contribution in [1.82, 2.24) is 15.0 Å². The standard InChI is InChI=1S/C61H62N6/c1-36(2)34-43-38(5)56-54(41-22-16-12-17-23-41)47-28-32-51(64-47)60(7,8)49-30-26-45(62-49)53(40-20-14-11-15-21-40)46-27-31-50(63-46)61(9,10)52-33-29-48(65-52)55(42-24-18-13-19-25-42)57-39(6)44(35-37(3)4)59(67-57)58(43)66-56/h11-33,36-37,62,64-65H,34-35H2,1-10H3/b53-46-,56-54-,57-55-. The average molecular weight is 879 g/mol. The zero-order chi connectivity index (χ0) is 46.8. The second-order valence-electron chi connectivity index (χ2n) is 20.6. The Labute approximate surface area is 396 Å². The molecule has 0 atom stereocenters. The van der Waals surface area contributed by atoms with Crippen LogP contribution in [0.4, 0.5) is 0 Å². The van der Waals surface area contributed by atoms with Gasteiger partial charge >= 0.3 is 0 Å². The molecule has 0 amide bonds. The van der Waals surface area contributed by atoms with Crippen molar-refractivity contribution in [1.29, 1.82) is 0 Å². The molecule has 10 rings (SSSR count). The van der Waals surface area contributed by atoms with Gasteiger partial charge in [-0.3, -0.25) is 4.99 Å². The SMILES string of the molecule is CC1=C(CC(C)C)C2=N/C1=C(/c1ccccc1)c1ccc([nH]1)C(C)(C)C1=N/C(=C(/c3ccccc3)c3ccc([nH]3)C(C)(C)c3ccc([nH]3)/C(c3ccccc3)=C3\N=C2C(CC(C)C)=C3C)C=C1. The van der Waals surface area contributed by atoms with Crippen LogP contribution in [0.15, 0.2) is 194 Å². The molecule has 0 aliphatic carbocycles. The van der Waals surface area contributed by atoms with E-state index in [1.165, 1.54) is 22.3 Å². The number of aromatic amines is 3. The van der Waals surface area contributed by atoms with E-state index in [2.05, 4.69) is 224 Å². The predicted octanol–water partition coefficient (Wildman–Crippen LogP) is 14.9. The number of rotatable bonds is 7. The second kappa shape index (κ2) is 17.0. The third-order valence-electron chi connectivity index (χ3n) is 14.2. The number of benzene rings is 3. The molecule has 6 heteroatoms. The molecule has 336 valence electrons. The van der Waals surface area contributed by atoms with Gasteiger partial charge in [0.1, 0.15) is 0 Å². The molecule has 3 aromatic carbocycles. The van der Waals surface area contributed by atoms with Gasteiger partial charge in [0.15, 0.2) is 0 Å². The lowest BCUT2D eigenvalue weighted by molar-refractivity contribution is 0.602. The summed E-state index contributed by atoms with van der Waals surface area (Å²) < 4.78 is 0. The quantitative estimate of drug-likeness (QED) is 0.143. The minimum absolute atomic E-state index is 0.401. The van der Waals surface area contributed by atoms with Gasteiger partial charge in [0.05, 0.1) is 34.2 Å². The molecule has 0 fully saturated rings. The van der Waals surface area contributed by atoms with Crippen LogP contribution in [0.2, 0.25) is 0 Å². The topological polar surface area (TPSA) is 84.5 Å². The molecule has 0 spiro atoms. The maximum atomic E-state index is 5.80. The first-order valence-electron chi connectivity index (χ1n) is 24.0. The Bertz CT molecular complexity index is 3210. The summed E-state index contributed by atoms with van der Waals surface area (Å²) in [5, 5.41) is 0. The molecule has 0 unspecified atom stereocenters. The molecule has 3 aromatic heterocycles. The predicted molar refractivity (Wildman–Crippen MR) is 281 cm³/mol.